The van der Waals surface area contributed by atoms with E-state index < -0.39 is 17.9 Å². The molecule has 0 saturated heterocycles. The molecule has 0 aliphatic rings. The number of fused-ring (bicyclic) bond motifs is 1. The first-order valence-electron chi connectivity index (χ1n) is 14.1. The van der Waals surface area contributed by atoms with Gasteiger partial charge in [-0.3, -0.25) is 0 Å². The maximum atomic E-state index is 13.5. The van der Waals surface area contributed by atoms with Crippen LogP contribution in [0.25, 0.3) is 10.9 Å². The van der Waals surface area contributed by atoms with E-state index in [1.54, 1.807) is 30.3 Å². The van der Waals surface area contributed by atoms with Crippen LogP contribution in [-0.2, 0) is 18.3 Å². The number of halogens is 6. The summed E-state index contributed by atoms with van der Waals surface area (Å²) in [6, 6.07) is 26.4. The zero-order valence-electron chi connectivity index (χ0n) is 24.5. The Labute approximate surface area is 252 Å². The summed E-state index contributed by atoms with van der Waals surface area (Å²) in [7, 11) is 0. The number of alkyl halides is 5. The predicted octanol–water partition coefficient (Wildman–Crippen LogP) is 10.4. The zero-order valence-corrected chi connectivity index (χ0v) is 24.5. The second-order valence-corrected chi connectivity index (χ2v) is 10.5. The van der Waals surface area contributed by atoms with Crippen molar-refractivity contribution in [1.29, 1.82) is 0 Å². The summed E-state index contributed by atoms with van der Waals surface area (Å²) in [6.45, 7) is 4.62. The molecule has 0 bridgehead atoms. The lowest BCUT2D eigenvalue weighted by Gasteiger charge is -2.35. The van der Waals surface area contributed by atoms with Crippen LogP contribution in [0.3, 0.4) is 0 Å². The molecule has 44 heavy (non-hydrogen) atoms. The second-order valence-electron chi connectivity index (χ2n) is 10.5. The highest BCUT2D eigenvalue weighted by atomic mass is 19.4. The Hall–Kier alpha value is -4.40. The summed E-state index contributed by atoms with van der Waals surface area (Å²) >= 11 is 0. The van der Waals surface area contributed by atoms with E-state index in [1.165, 1.54) is 42.0 Å². The van der Waals surface area contributed by atoms with Crippen molar-refractivity contribution in [2.75, 3.05) is 0 Å². The van der Waals surface area contributed by atoms with Crippen molar-refractivity contribution in [3.63, 3.8) is 0 Å². The van der Waals surface area contributed by atoms with E-state index in [0.717, 1.165) is 22.9 Å². The molecule has 4 aromatic carbocycles. The number of H-pyrrole nitrogens is 1. The van der Waals surface area contributed by atoms with Gasteiger partial charge >= 0.3 is 12.5 Å². The second kappa shape index (κ2) is 13.5. The fourth-order valence-electron chi connectivity index (χ4n) is 5.35. The summed E-state index contributed by atoms with van der Waals surface area (Å²) in [5, 5.41) is 0.998. The van der Waals surface area contributed by atoms with Crippen LogP contribution in [0.15, 0.2) is 103 Å². The summed E-state index contributed by atoms with van der Waals surface area (Å²) in [5.41, 5.74) is 3.54. The molecular weight excluding hydrogens is 580 g/mol. The van der Waals surface area contributed by atoms with Crippen LogP contribution < -0.4 is 9.47 Å². The highest BCUT2D eigenvalue weighted by Crippen LogP contribution is 2.42. The molecule has 0 spiro atoms. The molecule has 0 aliphatic carbocycles. The molecule has 1 unspecified atom stereocenters. The van der Waals surface area contributed by atoms with Gasteiger partial charge in [0.05, 0.1) is 0 Å². The SMILES string of the molecule is CCC(Cc1ccccc1)(c1cccc(OC(C)(F)F)c1)c1cccc(OC(F)(F)F)c1.CCc1c[nH]c2ccc(F)cc12. The van der Waals surface area contributed by atoms with Crippen molar-refractivity contribution in [3.05, 3.63) is 131 Å². The van der Waals surface area contributed by atoms with Gasteiger partial charge in [0.15, 0.2) is 0 Å². The molecule has 1 atom stereocenters. The minimum atomic E-state index is -4.83. The first kappa shape index (κ1) is 32.5. The van der Waals surface area contributed by atoms with Crippen LogP contribution in [0, 0.1) is 5.82 Å². The zero-order chi connectivity index (χ0) is 32.0. The van der Waals surface area contributed by atoms with Crippen molar-refractivity contribution < 1.29 is 35.8 Å². The standard InChI is InChI=1S/C25H23F5O2.C10H10FN/c1-3-24(17-18-9-5-4-6-10-18,19-11-7-13-21(15-19)31-23(2,26)27)20-12-8-14-22(16-20)32-25(28,29)30;1-2-7-6-12-10-4-3-8(11)5-9(7)10/h4-16H,3,17H2,1-2H3;3-6,12H,2H2,1H3. The largest absolute Gasteiger partial charge is 0.573 e. The van der Waals surface area contributed by atoms with Crippen LogP contribution in [-0.4, -0.2) is 17.5 Å². The molecular formula is C35H33F6NO2. The average molecular weight is 614 g/mol. The lowest BCUT2D eigenvalue weighted by Crippen LogP contribution is -2.30. The van der Waals surface area contributed by atoms with E-state index in [4.69, 9.17) is 4.74 Å². The molecule has 0 amide bonds. The normalized spacial score (nSPS) is 13.1. The van der Waals surface area contributed by atoms with E-state index in [0.29, 0.717) is 30.9 Å². The average Bonchev–Trinajstić information content (AvgIpc) is 3.37. The molecule has 0 fully saturated rings. The van der Waals surface area contributed by atoms with Gasteiger partial charge in [-0.1, -0.05) is 68.4 Å². The Morgan fingerprint density at radius 2 is 1.32 bits per heavy atom. The smallest absolute Gasteiger partial charge is 0.433 e. The highest BCUT2D eigenvalue weighted by molar-refractivity contribution is 5.83. The van der Waals surface area contributed by atoms with Gasteiger partial charge in [-0.05, 0) is 84.0 Å². The summed E-state index contributed by atoms with van der Waals surface area (Å²) in [5.74, 6) is -0.534. The van der Waals surface area contributed by atoms with Crippen LogP contribution in [0.4, 0.5) is 26.3 Å². The van der Waals surface area contributed by atoms with E-state index in [1.807, 2.05) is 43.5 Å². The summed E-state index contributed by atoms with van der Waals surface area (Å²) in [6.07, 6.45) is -4.40. The van der Waals surface area contributed by atoms with E-state index in [-0.39, 0.29) is 17.3 Å². The number of ether oxygens (including phenoxy) is 2. The van der Waals surface area contributed by atoms with Crippen molar-refractivity contribution in [2.24, 2.45) is 0 Å². The van der Waals surface area contributed by atoms with Gasteiger partial charge in [-0.2, -0.15) is 8.78 Å². The van der Waals surface area contributed by atoms with Crippen molar-refractivity contribution in [3.8, 4) is 11.5 Å². The van der Waals surface area contributed by atoms with Crippen molar-refractivity contribution in [2.45, 2.75) is 57.9 Å². The van der Waals surface area contributed by atoms with E-state index in [2.05, 4.69) is 16.6 Å². The number of hydrogen-bond donors (Lipinski definition) is 1. The Balaban J connectivity index is 0.000000305. The van der Waals surface area contributed by atoms with Crippen molar-refractivity contribution >= 4 is 10.9 Å². The number of aryl methyl sites for hydroxylation is 1. The molecule has 5 aromatic rings. The monoisotopic (exact) mass is 613 g/mol. The molecule has 0 radical (unpaired) electrons. The Bertz CT molecular complexity index is 1600. The topological polar surface area (TPSA) is 34.2 Å². The van der Waals surface area contributed by atoms with E-state index >= 15 is 0 Å². The lowest BCUT2D eigenvalue weighted by atomic mass is 9.68. The van der Waals surface area contributed by atoms with Gasteiger partial charge in [-0.15, -0.1) is 13.2 Å². The van der Waals surface area contributed by atoms with Gasteiger partial charge in [0.25, 0.3) is 0 Å². The molecule has 9 heteroatoms. The van der Waals surface area contributed by atoms with Crippen LogP contribution in [0.5, 0.6) is 11.5 Å². The van der Waals surface area contributed by atoms with Gasteiger partial charge < -0.3 is 14.5 Å². The maximum Gasteiger partial charge on any atom is 0.573 e. The predicted molar refractivity (Wildman–Crippen MR) is 160 cm³/mol. The highest BCUT2D eigenvalue weighted by Gasteiger charge is 2.36. The molecule has 0 aliphatic heterocycles. The number of aromatic nitrogens is 1. The third-order valence-electron chi connectivity index (χ3n) is 7.37. The molecule has 1 heterocycles. The first-order valence-corrected chi connectivity index (χ1v) is 14.1. The minimum Gasteiger partial charge on any atom is -0.433 e. The van der Waals surface area contributed by atoms with E-state index in [9.17, 15) is 26.3 Å². The number of aromatic amines is 1. The number of rotatable bonds is 9. The van der Waals surface area contributed by atoms with Crippen LogP contribution in [0.2, 0.25) is 0 Å². The molecule has 3 nitrogen and oxygen atoms in total. The summed E-state index contributed by atoms with van der Waals surface area (Å²) in [4.78, 5) is 3.10. The maximum absolute atomic E-state index is 13.5. The Morgan fingerprint density at radius 1 is 0.705 bits per heavy atom. The number of nitrogens with one attached hydrogen (secondary N) is 1. The van der Waals surface area contributed by atoms with Gasteiger partial charge in [0.2, 0.25) is 0 Å². The van der Waals surface area contributed by atoms with Crippen LogP contribution >= 0.6 is 0 Å². The number of benzene rings is 4. The Kier molecular flexibility index (Phi) is 9.97. The summed E-state index contributed by atoms with van der Waals surface area (Å²) < 4.78 is 87.1. The molecule has 5 rings (SSSR count). The molecule has 1 N–H and O–H groups in total. The third-order valence-corrected chi connectivity index (χ3v) is 7.37. The van der Waals surface area contributed by atoms with Gasteiger partial charge in [-0.25, -0.2) is 4.39 Å². The van der Waals surface area contributed by atoms with Gasteiger partial charge in [0.1, 0.15) is 17.3 Å². The number of hydrogen-bond acceptors (Lipinski definition) is 2. The lowest BCUT2D eigenvalue weighted by molar-refractivity contribution is -0.274. The Morgan fingerprint density at radius 3 is 1.86 bits per heavy atom. The molecule has 232 valence electrons. The van der Waals surface area contributed by atoms with Crippen LogP contribution in [0.1, 0.15) is 49.4 Å². The fourth-order valence-corrected chi connectivity index (χ4v) is 5.35. The first-order chi connectivity index (χ1) is 20.8. The quantitative estimate of drug-likeness (QED) is 0.168. The minimum absolute atomic E-state index is 0.0245. The fraction of sp³-hybridized carbons (Fsp3) is 0.257. The molecule has 0 saturated carbocycles. The molecule has 1 aromatic heterocycles. The van der Waals surface area contributed by atoms with Crippen molar-refractivity contribution in [1.82, 2.24) is 4.98 Å². The van der Waals surface area contributed by atoms with Gasteiger partial charge in [0, 0.05) is 29.4 Å². The third kappa shape index (κ3) is 8.36.